The van der Waals surface area contributed by atoms with E-state index in [0.29, 0.717) is 31.3 Å². The summed E-state index contributed by atoms with van der Waals surface area (Å²) in [6.45, 7) is 12.2. The van der Waals surface area contributed by atoms with Crippen LogP contribution in [0.15, 0.2) is 18.2 Å². The summed E-state index contributed by atoms with van der Waals surface area (Å²) in [5.74, 6) is 1.71. The van der Waals surface area contributed by atoms with Crippen LogP contribution in [0.2, 0.25) is 0 Å². The van der Waals surface area contributed by atoms with E-state index < -0.39 is 0 Å². The van der Waals surface area contributed by atoms with Gasteiger partial charge in [0.25, 0.3) is 0 Å². The monoisotopic (exact) mass is 490 g/mol. The predicted octanol–water partition coefficient (Wildman–Crippen LogP) is 8.53. The van der Waals surface area contributed by atoms with Gasteiger partial charge in [0.15, 0.2) is 11.5 Å². The van der Waals surface area contributed by atoms with Crippen LogP contribution in [0.25, 0.3) is 6.08 Å². The first kappa shape index (κ1) is 30.9. The normalized spacial score (nSPS) is 11.3. The quantitative estimate of drug-likeness (QED) is 0.0981. The molecule has 0 fully saturated rings. The Labute approximate surface area is 214 Å². The molecule has 1 aromatic rings. The summed E-state index contributed by atoms with van der Waals surface area (Å²) in [4.78, 5) is 12.2. The van der Waals surface area contributed by atoms with Gasteiger partial charge in [-0.1, -0.05) is 78.6 Å². The highest BCUT2D eigenvalue weighted by molar-refractivity contribution is 5.88. The van der Waals surface area contributed by atoms with Gasteiger partial charge in [0.2, 0.25) is 0 Å². The van der Waals surface area contributed by atoms with E-state index in [1.807, 2.05) is 26.0 Å². The van der Waals surface area contributed by atoms with Gasteiger partial charge in [0.1, 0.15) is 5.75 Å². The minimum atomic E-state index is -0.373. The van der Waals surface area contributed by atoms with Crippen LogP contribution in [0.4, 0.5) is 0 Å². The van der Waals surface area contributed by atoms with E-state index >= 15 is 0 Å². The first-order valence-corrected chi connectivity index (χ1v) is 14.0. The molecule has 0 saturated heterocycles. The van der Waals surface area contributed by atoms with E-state index in [1.165, 1.54) is 44.6 Å². The zero-order valence-corrected chi connectivity index (χ0v) is 23.0. The molecule has 0 aromatic heterocycles. The van der Waals surface area contributed by atoms with Gasteiger partial charge in [0.05, 0.1) is 25.9 Å². The maximum atomic E-state index is 12.2. The van der Waals surface area contributed by atoms with Crippen molar-refractivity contribution in [2.75, 3.05) is 19.8 Å². The van der Waals surface area contributed by atoms with Crippen LogP contribution in [0, 0.1) is 0 Å². The molecule has 0 atom stereocenters. The van der Waals surface area contributed by atoms with Crippen molar-refractivity contribution in [3.63, 3.8) is 0 Å². The van der Waals surface area contributed by atoms with E-state index in [0.717, 1.165) is 49.8 Å². The first-order valence-electron chi connectivity index (χ1n) is 14.0. The van der Waals surface area contributed by atoms with Gasteiger partial charge in [-0.3, -0.25) is 0 Å². The van der Waals surface area contributed by atoms with Crippen molar-refractivity contribution in [3.05, 3.63) is 23.8 Å². The lowest BCUT2D eigenvalue weighted by molar-refractivity contribution is -0.141. The SMILES string of the molecule is CCCCCCOc1cc(C=CC(=O)OC(C)C)c(OCCCCCC)c(OCCCCCC)c1. The number of esters is 1. The molecule has 35 heavy (non-hydrogen) atoms. The van der Waals surface area contributed by atoms with Crippen LogP contribution in [0.5, 0.6) is 17.2 Å². The van der Waals surface area contributed by atoms with Crippen LogP contribution >= 0.6 is 0 Å². The van der Waals surface area contributed by atoms with Crippen molar-refractivity contribution in [3.8, 4) is 17.2 Å². The second-order valence-corrected chi connectivity index (χ2v) is 9.39. The highest BCUT2D eigenvalue weighted by Crippen LogP contribution is 2.37. The fraction of sp³-hybridized carbons (Fsp3) is 0.700. The largest absolute Gasteiger partial charge is 0.493 e. The van der Waals surface area contributed by atoms with Gasteiger partial charge >= 0.3 is 5.97 Å². The number of carbonyl (C=O) groups excluding carboxylic acids is 1. The molecule has 0 spiro atoms. The van der Waals surface area contributed by atoms with Crippen LogP contribution < -0.4 is 14.2 Å². The van der Waals surface area contributed by atoms with Crippen molar-refractivity contribution in [2.45, 2.75) is 118 Å². The second-order valence-electron chi connectivity index (χ2n) is 9.39. The Kier molecular flexibility index (Phi) is 17.7. The standard InChI is InChI=1S/C30H50O5/c1-6-9-12-15-20-32-27-23-26(18-19-29(31)35-25(4)5)30(34-22-17-14-11-8-3)28(24-27)33-21-16-13-10-7-2/h18-19,23-25H,6-17,20-22H2,1-5H3. The summed E-state index contributed by atoms with van der Waals surface area (Å²) in [7, 11) is 0. The molecule has 5 heteroatoms. The van der Waals surface area contributed by atoms with E-state index in [-0.39, 0.29) is 12.1 Å². The van der Waals surface area contributed by atoms with E-state index in [2.05, 4.69) is 20.8 Å². The van der Waals surface area contributed by atoms with Crippen LogP contribution in [0.3, 0.4) is 0 Å². The minimum Gasteiger partial charge on any atom is -0.493 e. The summed E-state index contributed by atoms with van der Waals surface area (Å²) in [5.41, 5.74) is 0.774. The fourth-order valence-corrected chi connectivity index (χ4v) is 3.63. The molecule has 200 valence electrons. The number of hydrogen-bond acceptors (Lipinski definition) is 5. The molecule has 0 aliphatic rings. The van der Waals surface area contributed by atoms with Crippen LogP contribution in [-0.4, -0.2) is 31.9 Å². The predicted molar refractivity (Wildman–Crippen MR) is 146 cm³/mol. The second kappa shape index (κ2) is 20.1. The molecule has 0 bridgehead atoms. The first-order chi connectivity index (χ1) is 17.0. The van der Waals surface area contributed by atoms with E-state index in [1.54, 1.807) is 6.08 Å². The zero-order valence-electron chi connectivity index (χ0n) is 23.0. The Morgan fingerprint density at radius 2 is 1.29 bits per heavy atom. The average molecular weight is 491 g/mol. The van der Waals surface area contributed by atoms with E-state index in [4.69, 9.17) is 18.9 Å². The molecule has 0 N–H and O–H groups in total. The number of hydrogen-bond donors (Lipinski definition) is 0. The Hall–Kier alpha value is -2.17. The Bertz CT molecular complexity index is 711. The summed E-state index contributed by atoms with van der Waals surface area (Å²) in [6.07, 6.45) is 16.7. The third kappa shape index (κ3) is 14.7. The maximum Gasteiger partial charge on any atom is 0.331 e. The van der Waals surface area contributed by atoms with Gasteiger partial charge in [0, 0.05) is 17.7 Å². The Morgan fingerprint density at radius 3 is 1.83 bits per heavy atom. The average Bonchev–Trinajstić information content (AvgIpc) is 2.82. The molecule has 0 radical (unpaired) electrons. The molecule has 0 aliphatic carbocycles. The molecule has 0 saturated carbocycles. The molecule has 0 amide bonds. The van der Waals surface area contributed by atoms with Crippen molar-refractivity contribution in [1.29, 1.82) is 0 Å². The molecule has 1 rings (SSSR count). The summed E-state index contributed by atoms with van der Waals surface area (Å²) in [6, 6.07) is 3.87. The van der Waals surface area contributed by atoms with Crippen molar-refractivity contribution in [1.82, 2.24) is 0 Å². The number of ether oxygens (including phenoxy) is 4. The number of carbonyl (C=O) groups is 1. The molecule has 1 aromatic carbocycles. The molecular formula is C30H50O5. The lowest BCUT2D eigenvalue weighted by Crippen LogP contribution is -2.08. The fourth-order valence-electron chi connectivity index (χ4n) is 3.63. The highest BCUT2D eigenvalue weighted by Gasteiger charge is 2.15. The summed E-state index contributed by atoms with van der Waals surface area (Å²) < 4.78 is 23.8. The smallest absolute Gasteiger partial charge is 0.331 e. The van der Waals surface area contributed by atoms with Gasteiger partial charge in [-0.15, -0.1) is 0 Å². The van der Waals surface area contributed by atoms with Crippen molar-refractivity contribution < 1.29 is 23.7 Å². The lowest BCUT2D eigenvalue weighted by atomic mass is 10.1. The third-order valence-electron chi connectivity index (χ3n) is 5.57. The van der Waals surface area contributed by atoms with Crippen molar-refractivity contribution in [2.24, 2.45) is 0 Å². The lowest BCUT2D eigenvalue weighted by Gasteiger charge is -2.18. The molecule has 0 aliphatic heterocycles. The molecule has 0 heterocycles. The number of unbranched alkanes of at least 4 members (excludes halogenated alkanes) is 9. The summed E-state index contributed by atoms with van der Waals surface area (Å²) in [5, 5.41) is 0. The van der Waals surface area contributed by atoms with Gasteiger partial charge in [-0.25, -0.2) is 4.79 Å². The van der Waals surface area contributed by atoms with Gasteiger partial charge in [-0.2, -0.15) is 0 Å². The highest BCUT2D eigenvalue weighted by atomic mass is 16.5. The number of rotatable bonds is 21. The van der Waals surface area contributed by atoms with E-state index in [9.17, 15) is 4.79 Å². The molecule has 0 unspecified atom stereocenters. The molecular weight excluding hydrogens is 440 g/mol. The van der Waals surface area contributed by atoms with Crippen LogP contribution in [-0.2, 0) is 9.53 Å². The topological polar surface area (TPSA) is 54.0 Å². The number of benzene rings is 1. The summed E-state index contributed by atoms with van der Waals surface area (Å²) >= 11 is 0. The van der Waals surface area contributed by atoms with Gasteiger partial charge < -0.3 is 18.9 Å². The maximum absolute atomic E-state index is 12.2. The van der Waals surface area contributed by atoms with Gasteiger partial charge in [-0.05, 0) is 45.3 Å². The Morgan fingerprint density at radius 1 is 0.743 bits per heavy atom. The Balaban J connectivity index is 3.11. The molecule has 5 nitrogen and oxygen atoms in total. The zero-order chi connectivity index (χ0) is 25.7. The van der Waals surface area contributed by atoms with Crippen LogP contribution in [0.1, 0.15) is 117 Å². The van der Waals surface area contributed by atoms with Crippen molar-refractivity contribution >= 4 is 12.0 Å². The third-order valence-corrected chi connectivity index (χ3v) is 5.57. The minimum absolute atomic E-state index is 0.166.